The van der Waals surface area contributed by atoms with E-state index in [1.165, 1.54) is 0 Å². The SMILES string of the molecule is c1ccc(-c2cc(-c3ccccc3)cc(-c3nc(-c4ccc5c(ccc6c7ccccc7oc56)c4)nc(-n4c5ccccc5c5ccccc54)n3)c2)cc1. The van der Waals surface area contributed by atoms with Crippen LogP contribution in [0.25, 0.3) is 105 Å². The largest absolute Gasteiger partial charge is 0.455 e. The molecule has 0 spiro atoms. The molecule has 5 nitrogen and oxygen atoms in total. The third kappa shape index (κ3) is 4.90. The molecule has 5 heteroatoms. The van der Waals surface area contributed by atoms with Gasteiger partial charge in [0.05, 0.1) is 11.0 Å². The molecule has 3 heterocycles. The summed E-state index contributed by atoms with van der Waals surface area (Å²) >= 11 is 0. The number of hydrogen-bond donors (Lipinski definition) is 0. The predicted molar refractivity (Wildman–Crippen MR) is 221 cm³/mol. The fraction of sp³-hybridized carbons (Fsp3) is 0. The van der Waals surface area contributed by atoms with Crippen molar-refractivity contribution in [3.63, 3.8) is 0 Å². The van der Waals surface area contributed by atoms with Gasteiger partial charge in [0.1, 0.15) is 11.2 Å². The van der Waals surface area contributed by atoms with Crippen LogP contribution in [0.3, 0.4) is 0 Å². The average Bonchev–Trinajstić information content (AvgIpc) is 3.80. The predicted octanol–water partition coefficient (Wildman–Crippen LogP) is 12.7. The Bertz CT molecular complexity index is 3110. The summed E-state index contributed by atoms with van der Waals surface area (Å²) in [5.41, 5.74) is 10.1. The zero-order chi connectivity index (χ0) is 35.6. The lowest BCUT2D eigenvalue weighted by atomic mass is 9.96. The Morgan fingerprint density at radius 1 is 0.352 bits per heavy atom. The summed E-state index contributed by atoms with van der Waals surface area (Å²) < 4.78 is 8.55. The molecule has 0 unspecified atom stereocenters. The molecule has 0 saturated carbocycles. The summed E-state index contributed by atoms with van der Waals surface area (Å²) in [6.07, 6.45) is 0. The van der Waals surface area contributed by atoms with Gasteiger partial charge in [0, 0.05) is 38.1 Å². The Kier molecular flexibility index (Phi) is 6.79. The van der Waals surface area contributed by atoms with Gasteiger partial charge in [-0.2, -0.15) is 9.97 Å². The molecule has 0 fully saturated rings. The number of para-hydroxylation sites is 3. The zero-order valence-electron chi connectivity index (χ0n) is 29.0. The van der Waals surface area contributed by atoms with Gasteiger partial charge in [-0.3, -0.25) is 4.57 Å². The number of benzene rings is 8. The smallest absolute Gasteiger partial charge is 0.238 e. The lowest BCUT2D eigenvalue weighted by molar-refractivity contribution is 0.672. The van der Waals surface area contributed by atoms with Gasteiger partial charge in [-0.1, -0.05) is 127 Å². The van der Waals surface area contributed by atoms with Crippen molar-refractivity contribution >= 4 is 54.5 Å². The van der Waals surface area contributed by atoms with Crippen LogP contribution in [-0.2, 0) is 0 Å². The molecule has 252 valence electrons. The highest BCUT2D eigenvalue weighted by Crippen LogP contribution is 2.38. The Hall–Kier alpha value is -7.37. The summed E-state index contributed by atoms with van der Waals surface area (Å²) in [6, 6.07) is 63.4. The van der Waals surface area contributed by atoms with Gasteiger partial charge < -0.3 is 4.42 Å². The molecule has 0 aliphatic heterocycles. The van der Waals surface area contributed by atoms with Crippen molar-refractivity contribution in [3.8, 4) is 51.0 Å². The first-order valence-electron chi connectivity index (χ1n) is 18.1. The van der Waals surface area contributed by atoms with E-state index < -0.39 is 0 Å². The lowest BCUT2D eigenvalue weighted by Gasteiger charge is -2.13. The number of nitrogens with zero attached hydrogens (tertiary/aromatic N) is 4. The summed E-state index contributed by atoms with van der Waals surface area (Å²) in [7, 11) is 0. The minimum Gasteiger partial charge on any atom is -0.455 e. The molecule has 0 aliphatic carbocycles. The summed E-state index contributed by atoms with van der Waals surface area (Å²) in [5, 5.41) is 6.62. The van der Waals surface area contributed by atoms with Crippen molar-refractivity contribution in [2.45, 2.75) is 0 Å². The van der Waals surface area contributed by atoms with E-state index in [0.29, 0.717) is 17.6 Å². The third-order valence-corrected chi connectivity index (χ3v) is 10.4. The Balaban J connectivity index is 1.17. The lowest BCUT2D eigenvalue weighted by Crippen LogP contribution is -2.06. The summed E-state index contributed by atoms with van der Waals surface area (Å²) in [4.78, 5) is 15.8. The number of furan rings is 1. The highest BCUT2D eigenvalue weighted by molar-refractivity contribution is 6.15. The van der Waals surface area contributed by atoms with Gasteiger partial charge >= 0.3 is 0 Å². The van der Waals surface area contributed by atoms with Crippen molar-refractivity contribution in [2.75, 3.05) is 0 Å². The number of aromatic nitrogens is 4. The van der Waals surface area contributed by atoms with Gasteiger partial charge in [-0.05, 0) is 82.2 Å². The molecule has 0 saturated heterocycles. The summed E-state index contributed by atoms with van der Waals surface area (Å²) in [5.74, 6) is 1.75. The van der Waals surface area contributed by atoms with Crippen LogP contribution < -0.4 is 0 Å². The first-order chi connectivity index (χ1) is 26.7. The molecule has 0 bridgehead atoms. The van der Waals surface area contributed by atoms with E-state index >= 15 is 0 Å². The number of hydrogen-bond acceptors (Lipinski definition) is 4. The molecule has 0 N–H and O–H groups in total. The molecular formula is C49H30N4O. The van der Waals surface area contributed by atoms with E-state index in [0.717, 1.165) is 87.9 Å². The quantitative estimate of drug-likeness (QED) is 0.180. The second-order valence-electron chi connectivity index (χ2n) is 13.7. The fourth-order valence-electron chi connectivity index (χ4n) is 7.86. The van der Waals surface area contributed by atoms with E-state index in [2.05, 4.69) is 162 Å². The highest BCUT2D eigenvalue weighted by atomic mass is 16.3. The van der Waals surface area contributed by atoms with Crippen molar-refractivity contribution in [1.82, 2.24) is 19.5 Å². The zero-order valence-corrected chi connectivity index (χ0v) is 29.0. The molecule has 3 aromatic heterocycles. The average molecular weight is 691 g/mol. The minimum absolute atomic E-state index is 0.562. The van der Waals surface area contributed by atoms with Crippen LogP contribution in [0.15, 0.2) is 186 Å². The van der Waals surface area contributed by atoms with Gasteiger partial charge in [-0.25, -0.2) is 4.98 Å². The van der Waals surface area contributed by atoms with Crippen molar-refractivity contribution in [1.29, 1.82) is 0 Å². The maximum Gasteiger partial charge on any atom is 0.238 e. The topological polar surface area (TPSA) is 56.7 Å². The molecular weight excluding hydrogens is 661 g/mol. The number of fused-ring (bicyclic) bond motifs is 8. The fourth-order valence-corrected chi connectivity index (χ4v) is 7.86. The van der Waals surface area contributed by atoms with E-state index in [9.17, 15) is 0 Å². The van der Waals surface area contributed by atoms with E-state index in [-0.39, 0.29) is 0 Å². The van der Waals surface area contributed by atoms with Crippen LogP contribution in [-0.4, -0.2) is 19.5 Å². The minimum atomic E-state index is 0.562. The van der Waals surface area contributed by atoms with Gasteiger partial charge in [0.15, 0.2) is 11.6 Å². The van der Waals surface area contributed by atoms with Crippen LogP contribution in [0.4, 0.5) is 0 Å². The first-order valence-corrected chi connectivity index (χ1v) is 18.1. The van der Waals surface area contributed by atoms with Crippen molar-refractivity contribution < 1.29 is 4.42 Å². The molecule has 54 heavy (non-hydrogen) atoms. The molecule has 8 aromatic carbocycles. The Labute approximate surface area is 310 Å². The summed E-state index contributed by atoms with van der Waals surface area (Å²) in [6.45, 7) is 0. The highest BCUT2D eigenvalue weighted by Gasteiger charge is 2.19. The third-order valence-electron chi connectivity index (χ3n) is 10.4. The van der Waals surface area contributed by atoms with Crippen LogP contribution in [0, 0.1) is 0 Å². The van der Waals surface area contributed by atoms with E-state index in [1.54, 1.807) is 0 Å². The molecule has 0 amide bonds. The molecule has 0 atom stereocenters. The molecule has 0 radical (unpaired) electrons. The van der Waals surface area contributed by atoms with Crippen molar-refractivity contribution in [3.05, 3.63) is 182 Å². The molecule has 11 rings (SSSR count). The first kappa shape index (κ1) is 30.3. The Morgan fingerprint density at radius 3 is 1.56 bits per heavy atom. The van der Waals surface area contributed by atoms with E-state index in [1.807, 2.05) is 24.3 Å². The Morgan fingerprint density at radius 2 is 0.889 bits per heavy atom. The monoisotopic (exact) mass is 690 g/mol. The normalized spacial score (nSPS) is 11.7. The van der Waals surface area contributed by atoms with Gasteiger partial charge in [-0.15, -0.1) is 0 Å². The van der Waals surface area contributed by atoms with Crippen LogP contribution >= 0.6 is 0 Å². The van der Waals surface area contributed by atoms with Crippen LogP contribution in [0.2, 0.25) is 0 Å². The maximum absolute atomic E-state index is 6.39. The molecule has 11 aromatic rings. The second-order valence-corrected chi connectivity index (χ2v) is 13.7. The van der Waals surface area contributed by atoms with Crippen LogP contribution in [0.5, 0.6) is 0 Å². The number of rotatable bonds is 5. The standard InChI is InChI=1S/C49H30N4O/c1-3-13-31(14-4-1)35-28-36(32-15-5-2-6-16-32)30-37(29-35)48-50-47(51-49(52-48)53-43-20-10-7-17-39(43)40-18-8-11-21-44(40)53)34-24-25-38-33(27-34)23-26-42-41-19-9-12-22-45(41)54-46(38)42/h1-30H. The van der Waals surface area contributed by atoms with Gasteiger partial charge in [0.2, 0.25) is 5.95 Å². The second kappa shape index (κ2) is 12.1. The molecule has 0 aliphatic rings. The van der Waals surface area contributed by atoms with E-state index in [4.69, 9.17) is 19.4 Å². The maximum atomic E-state index is 6.39. The van der Waals surface area contributed by atoms with Crippen molar-refractivity contribution in [2.24, 2.45) is 0 Å². The van der Waals surface area contributed by atoms with Gasteiger partial charge in [0.25, 0.3) is 0 Å². The van der Waals surface area contributed by atoms with Crippen LogP contribution in [0.1, 0.15) is 0 Å².